The van der Waals surface area contributed by atoms with E-state index >= 15 is 0 Å². The first-order chi connectivity index (χ1) is 16.7. The third-order valence-corrected chi connectivity index (χ3v) is 5.10. The van der Waals surface area contributed by atoms with Gasteiger partial charge in [0.25, 0.3) is 5.91 Å². The maximum absolute atomic E-state index is 12.8. The van der Waals surface area contributed by atoms with Gasteiger partial charge in [0.1, 0.15) is 17.2 Å². The van der Waals surface area contributed by atoms with Crippen LogP contribution in [0.1, 0.15) is 22.8 Å². The Bertz CT molecular complexity index is 1170. The summed E-state index contributed by atoms with van der Waals surface area (Å²) in [6.45, 7) is 0.742. The summed E-state index contributed by atoms with van der Waals surface area (Å²) in [5.74, 6) is -0.634. The van der Waals surface area contributed by atoms with Gasteiger partial charge in [-0.1, -0.05) is 0 Å². The highest BCUT2D eigenvalue weighted by atomic mass is 16.5. The quantitative estimate of drug-likeness (QED) is 0.422. The summed E-state index contributed by atoms with van der Waals surface area (Å²) in [6.07, 6.45) is 0.226. The van der Waals surface area contributed by atoms with Gasteiger partial charge in [-0.25, -0.2) is 4.79 Å². The SMILES string of the molecule is COc1cc(OC)c(OC)cc1/C=C1\Oc2cc(OCC(=O)N[C@H](C(=O)O)[C@H](C)O)ccc2C1=O. The standard InChI is InChI=1S/C24H25NO10/c1-12(26)22(24(29)30)25-21(27)11-34-14-5-6-15-17(9-14)35-20(23(15)28)8-13-7-18(32-3)19(33-4)10-16(13)31-2/h5-10,12,22,26H,11H2,1-4H3,(H,25,27)(H,29,30)/b20-8-/t12-,22-/m0/s1. The van der Waals surface area contributed by atoms with E-state index in [0.717, 1.165) is 0 Å². The summed E-state index contributed by atoms with van der Waals surface area (Å²) >= 11 is 0. The highest BCUT2D eigenvalue weighted by molar-refractivity contribution is 6.14. The zero-order chi connectivity index (χ0) is 25.7. The number of ether oxygens (including phenoxy) is 5. The van der Waals surface area contributed by atoms with Crippen molar-refractivity contribution in [1.29, 1.82) is 0 Å². The molecule has 2 aromatic carbocycles. The smallest absolute Gasteiger partial charge is 0.328 e. The molecule has 11 heteroatoms. The Kier molecular flexibility index (Phi) is 7.82. The number of amides is 1. The van der Waals surface area contributed by atoms with Gasteiger partial charge >= 0.3 is 5.97 Å². The summed E-state index contributed by atoms with van der Waals surface area (Å²) in [7, 11) is 4.47. The molecule has 186 valence electrons. The Labute approximate surface area is 200 Å². The minimum absolute atomic E-state index is 0.0432. The normalized spacial score (nSPS) is 15.0. The molecule has 0 saturated carbocycles. The van der Waals surface area contributed by atoms with Crippen molar-refractivity contribution in [2.45, 2.75) is 19.1 Å². The second-order valence-corrected chi connectivity index (χ2v) is 7.46. The number of hydrogen-bond donors (Lipinski definition) is 3. The summed E-state index contributed by atoms with van der Waals surface area (Å²) < 4.78 is 27.1. The van der Waals surface area contributed by atoms with Crippen LogP contribution >= 0.6 is 0 Å². The number of aliphatic hydroxyl groups excluding tert-OH is 1. The zero-order valence-corrected chi connectivity index (χ0v) is 19.5. The lowest BCUT2D eigenvalue weighted by Gasteiger charge is -2.17. The van der Waals surface area contributed by atoms with Crippen molar-refractivity contribution in [2.75, 3.05) is 27.9 Å². The lowest BCUT2D eigenvalue weighted by molar-refractivity contribution is -0.145. The van der Waals surface area contributed by atoms with Crippen molar-refractivity contribution in [3.8, 4) is 28.7 Å². The van der Waals surface area contributed by atoms with Crippen LogP contribution < -0.4 is 29.0 Å². The molecule has 11 nitrogen and oxygen atoms in total. The molecule has 0 fully saturated rings. The molecular weight excluding hydrogens is 462 g/mol. The average Bonchev–Trinajstić information content (AvgIpc) is 3.14. The molecule has 0 unspecified atom stereocenters. The van der Waals surface area contributed by atoms with Crippen LogP contribution in [0.5, 0.6) is 28.7 Å². The first-order valence-electron chi connectivity index (χ1n) is 10.4. The van der Waals surface area contributed by atoms with Crippen molar-refractivity contribution in [2.24, 2.45) is 0 Å². The molecule has 0 aromatic heterocycles. The number of carbonyl (C=O) groups is 3. The molecule has 1 aliphatic heterocycles. The Balaban J connectivity index is 1.75. The van der Waals surface area contributed by atoms with Gasteiger partial charge in [-0.3, -0.25) is 9.59 Å². The molecule has 1 aliphatic rings. The number of Topliss-reactive ketones (excluding diaryl/α,β-unsaturated/α-hetero) is 1. The summed E-state index contributed by atoms with van der Waals surface area (Å²) in [5.41, 5.74) is 0.827. The number of aliphatic hydroxyl groups is 1. The van der Waals surface area contributed by atoms with E-state index in [2.05, 4.69) is 5.32 Å². The highest BCUT2D eigenvalue weighted by Gasteiger charge is 2.29. The third kappa shape index (κ3) is 5.64. The molecule has 2 aromatic rings. The van der Waals surface area contributed by atoms with Crippen molar-refractivity contribution >= 4 is 23.7 Å². The number of hydrogen-bond acceptors (Lipinski definition) is 9. The van der Waals surface area contributed by atoms with Gasteiger partial charge in [0, 0.05) is 17.7 Å². The molecule has 35 heavy (non-hydrogen) atoms. The van der Waals surface area contributed by atoms with E-state index in [-0.39, 0.29) is 23.0 Å². The molecule has 2 atom stereocenters. The van der Waals surface area contributed by atoms with E-state index in [9.17, 15) is 19.5 Å². The number of carbonyl (C=O) groups excluding carboxylic acids is 2. The van der Waals surface area contributed by atoms with Crippen LogP contribution in [0.4, 0.5) is 0 Å². The predicted molar refractivity (Wildman–Crippen MR) is 122 cm³/mol. The van der Waals surface area contributed by atoms with Crippen molar-refractivity contribution in [3.05, 3.63) is 47.2 Å². The number of fused-ring (bicyclic) bond motifs is 1. The number of carboxylic acids is 1. The molecule has 0 radical (unpaired) electrons. The van der Waals surface area contributed by atoms with Crippen molar-refractivity contribution < 1.29 is 48.3 Å². The molecule has 3 rings (SSSR count). The second-order valence-electron chi connectivity index (χ2n) is 7.46. The van der Waals surface area contributed by atoms with Crippen molar-refractivity contribution in [1.82, 2.24) is 5.32 Å². The van der Waals surface area contributed by atoms with Gasteiger partial charge < -0.3 is 39.2 Å². The number of nitrogens with one attached hydrogen (secondary N) is 1. The van der Waals surface area contributed by atoms with Gasteiger partial charge in [-0.05, 0) is 31.2 Å². The third-order valence-electron chi connectivity index (χ3n) is 5.10. The Morgan fingerprint density at radius 2 is 1.71 bits per heavy atom. The van der Waals surface area contributed by atoms with E-state index in [4.69, 9.17) is 28.8 Å². The average molecular weight is 487 g/mol. The van der Waals surface area contributed by atoms with Crippen molar-refractivity contribution in [3.63, 3.8) is 0 Å². The fourth-order valence-corrected chi connectivity index (χ4v) is 3.32. The second kappa shape index (κ2) is 10.8. The summed E-state index contributed by atoms with van der Waals surface area (Å²) in [5, 5.41) is 20.7. The first kappa shape index (κ1) is 25.4. The lowest BCUT2D eigenvalue weighted by Crippen LogP contribution is -2.49. The maximum atomic E-state index is 12.8. The Morgan fingerprint density at radius 3 is 2.31 bits per heavy atom. The topological polar surface area (TPSA) is 150 Å². The predicted octanol–water partition coefficient (Wildman–Crippen LogP) is 1.66. The van der Waals surface area contributed by atoms with E-state index in [0.29, 0.717) is 28.4 Å². The van der Waals surface area contributed by atoms with E-state index in [1.807, 2.05) is 0 Å². The highest BCUT2D eigenvalue weighted by Crippen LogP contribution is 2.39. The number of allylic oxidation sites excluding steroid dienone is 1. The molecular formula is C24H25NO10. The van der Waals surface area contributed by atoms with Crippen LogP contribution in [0.2, 0.25) is 0 Å². The number of aliphatic carboxylic acids is 1. The summed E-state index contributed by atoms with van der Waals surface area (Å²) in [4.78, 5) is 35.9. The van der Waals surface area contributed by atoms with Crippen LogP contribution in [0.25, 0.3) is 6.08 Å². The molecule has 0 saturated heterocycles. The number of ketones is 1. The largest absolute Gasteiger partial charge is 0.496 e. The van der Waals surface area contributed by atoms with Gasteiger partial charge in [-0.15, -0.1) is 0 Å². The molecule has 0 bridgehead atoms. The van der Waals surface area contributed by atoms with Gasteiger partial charge in [0.15, 0.2) is 29.9 Å². The number of methoxy groups -OCH3 is 3. The van der Waals surface area contributed by atoms with Crippen LogP contribution in [0.3, 0.4) is 0 Å². The Hall–Kier alpha value is -4.25. The summed E-state index contributed by atoms with van der Waals surface area (Å²) in [6, 6.07) is 6.23. The van der Waals surface area contributed by atoms with Crippen LogP contribution in [-0.2, 0) is 9.59 Å². The molecule has 3 N–H and O–H groups in total. The van der Waals surface area contributed by atoms with E-state index < -0.39 is 30.6 Å². The van der Waals surface area contributed by atoms with Gasteiger partial charge in [0.05, 0.1) is 33.0 Å². The zero-order valence-electron chi connectivity index (χ0n) is 19.5. The fraction of sp³-hybridized carbons (Fsp3) is 0.292. The van der Waals surface area contributed by atoms with Crippen LogP contribution in [-0.4, -0.2) is 68.0 Å². The van der Waals surface area contributed by atoms with Crippen LogP contribution in [0, 0.1) is 0 Å². The lowest BCUT2D eigenvalue weighted by atomic mass is 10.1. The number of benzene rings is 2. The molecule has 1 amide bonds. The fourth-order valence-electron chi connectivity index (χ4n) is 3.32. The molecule has 1 heterocycles. The number of carboxylic acid groups (broad SMARTS) is 1. The number of rotatable bonds is 10. The van der Waals surface area contributed by atoms with Gasteiger partial charge in [-0.2, -0.15) is 0 Å². The van der Waals surface area contributed by atoms with Gasteiger partial charge in [0.2, 0.25) is 5.78 Å². The minimum atomic E-state index is -1.46. The molecule has 0 aliphatic carbocycles. The molecule has 0 spiro atoms. The minimum Gasteiger partial charge on any atom is -0.496 e. The van der Waals surface area contributed by atoms with Crippen LogP contribution in [0.15, 0.2) is 36.1 Å². The van der Waals surface area contributed by atoms with E-state index in [1.54, 1.807) is 12.1 Å². The first-order valence-corrected chi connectivity index (χ1v) is 10.4. The monoisotopic (exact) mass is 487 g/mol. The van der Waals surface area contributed by atoms with E-state index in [1.165, 1.54) is 52.5 Å². The maximum Gasteiger partial charge on any atom is 0.328 e. The Morgan fingerprint density at radius 1 is 1.06 bits per heavy atom.